The molecular weight excluding hydrogens is 324 g/mol. The number of esters is 1. The van der Waals surface area contributed by atoms with Gasteiger partial charge in [0.1, 0.15) is 6.54 Å². The van der Waals surface area contributed by atoms with Crippen LogP contribution in [0.15, 0.2) is 30.3 Å². The lowest BCUT2D eigenvalue weighted by atomic mass is 9.98. The Morgan fingerprint density at radius 3 is 2.60 bits per heavy atom. The Morgan fingerprint density at radius 2 is 1.96 bits per heavy atom. The number of ether oxygens (including phenoxy) is 1. The van der Waals surface area contributed by atoms with Gasteiger partial charge in [0, 0.05) is 18.8 Å². The number of aliphatic carboxylic acids is 1. The van der Waals surface area contributed by atoms with Crippen molar-refractivity contribution in [2.45, 2.75) is 19.8 Å². The lowest BCUT2D eigenvalue weighted by molar-refractivity contribution is -0.151. The first-order valence-corrected chi connectivity index (χ1v) is 8.47. The normalized spacial score (nSPS) is 17.0. The van der Waals surface area contributed by atoms with Crippen LogP contribution in [0.3, 0.4) is 0 Å². The number of hydrogen-bond acceptors (Lipinski definition) is 5. The van der Waals surface area contributed by atoms with Crippen molar-refractivity contribution in [2.75, 3.05) is 37.7 Å². The van der Waals surface area contributed by atoms with Crippen LogP contribution in [0.2, 0.25) is 0 Å². The fraction of sp³-hybridized carbons (Fsp3) is 0.500. The number of amides is 1. The molecule has 1 aliphatic rings. The van der Waals surface area contributed by atoms with E-state index in [0.29, 0.717) is 31.8 Å². The second-order valence-corrected chi connectivity index (χ2v) is 6.02. The van der Waals surface area contributed by atoms with Crippen molar-refractivity contribution in [1.29, 1.82) is 0 Å². The number of piperidine rings is 1. The molecule has 2 rings (SSSR count). The second-order valence-electron chi connectivity index (χ2n) is 6.02. The van der Waals surface area contributed by atoms with Gasteiger partial charge in [-0.1, -0.05) is 18.2 Å². The number of carbonyl (C=O) groups excluding carboxylic acids is 2. The maximum atomic E-state index is 12.6. The first kappa shape index (κ1) is 18.8. The summed E-state index contributed by atoms with van der Waals surface area (Å²) in [7, 11) is 0. The van der Waals surface area contributed by atoms with Crippen molar-refractivity contribution >= 4 is 23.5 Å². The second kappa shape index (κ2) is 9.05. The lowest BCUT2D eigenvalue weighted by Crippen LogP contribution is -2.47. The van der Waals surface area contributed by atoms with Crippen molar-refractivity contribution in [3.63, 3.8) is 0 Å². The molecule has 1 amide bonds. The molecule has 1 N–H and O–H groups in total. The Kier molecular flexibility index (Phi) is 6.80. The van der Waals surface area contributed by atoms with E-state index >= 15 is 0 Å². The average molecular weight is 348 g/mol. The standard InChI is InChI=1S/C18H24N2O5/c1-2-25-18(24)14-7-6-10-19(11-14)16(21)12-20(13-17(22)23)15-8-4-3-5-9-15/h3-5,8-9,14H,2,6-7,10-13H2,1H3,(H,22,23)/t14-/m1/s1. The number of rotatable bonds is 7. The van der Waals surface area contributed by atoms with Crippen molar-refractivity contribution in [2.24, 2.45) is 5.92 Å². The van der Waals surface area contributed by atoms with Crippen LogP contribution >= 0.6 is 0 Å². The molecule has 0 spiro atoms. The minimum atomic E-state index is -1.00. The lowest BCUT2D eigenvalue weighted by Gasteiger charge is -2.33. The number of nitrogens with zero attached hydrogens (tertiary/aromatic N) is 2. The van der Waals surface area contributed by atoms with Gasteiger partial charge in [0.05, 0.1) is 19.1 Å². The zero-order valence-corrected chi connectivity index (χ0v) is 14.4. The van der Waals surface area contributed by atoms with Crippen LogP contribution in [0.25, 0.3) is 0 Å². The molecule has 0 aliphatic carbocycles. The number of anilines is 1. The third kappa shape index (κ3) is 5.48. The van der Waals surface area contributed by atoms with E-state index in [1.807, 2.05) is 6.07 Å². The third-order valence-electron chi connectivity index (χ3n) is 4.17. The van der Waals surface area contributed by atoms with E-state index in [1.54, 1.807) is 36.1 Å². The van der Waals surface area contributed by atoms with E-state index in [0.717, 1.165) is 6.42 Å². The van der Waals surface area contributed by atoms with Crippen LogP contribution in [0.4, 0.5) is 5.69 Å². The molecule has 7 heteroatoms. The van der Waals surface area contributed by atoms with Crippen molar-refractivity contribution in [3.05, 3.63) is 30.3 Å². The van der Waals surface area contributed by atoms with Gasteiger partial charge in [-0.3, -0.25) is 14.4 Å². The molecule has 1 saturated heterocycles. The largest absolute Gasteiger partial charge is 0.480 e. The zero-order valence-electron chi connectivity index (χ0n) is 14.4. The van der Waals surface area contributed by atoms with Gasteiger partial charge in [0.25, 0.3) is 0 Å². The van der Waals surface area contributed by atoms with E-state index in [4.69, 9.17) is 9.84 Å². The fourth-order valence-corrected chi connectivity index (χ4v) is 2.96. The van der Waals surface area contributed by atoms with E-state index in [-0.39, 0.29) is 30.9 Å². The number of para-hydroxylation sites is 1. The van der Waals surface area contributed by atoms with Crippen LogP contribution in [-0.2, 0) is 19.1 Å². The van der Waals surface area contributed by atoms with E-state index < -0.39 is 5.97 Å². The predicted octanol–water partition coefficient (Wildman–Crippen LogP) is 1.38. The molecule has 0 aromatic heterocycles. The van der Waals surface area contributed by atoms with Crippen LogP contribution in [0.1, 0.15) is 19.8 Å². The molecule has 136 valence electrons. The van der Waals surface area contributed by atoms with Crippen LogP contribution in [0, 0.1) is 5.92 Å². The maximum absolute atomic E-state index is 12.6. The number of benzene rings is 1. The SMILES string of the molecule is CCOC(=O)[C@@H]1CCCN(C(=O)CN(CC(=O)O)c2ccccc2)C1. The Morgan fingerprint density at radius 1 is 1.24 bits per heavy atom. The van der Waals surface area contributed by atoms with E-state index in [1.165, 1.54) is 4.90 Å². The summed E-state index contributed by atoms with van der Waals surface area (Å²) >= 11 is 0. The van der Waals surface area contributed by atoms with Crippen LogP contribution < -0.4 is 4.90 Å². The summed E-state index contributed by atoms with van der Waals surface area (Å²) in [6, 6.07) is 8.97. The van der Waals surface area contributed by atoms with Crippen molar-refractivity contribution in [3.8, 4) is 0 Å². The molecule has 0 unspecified atom stereocenters. The van der Waals surface area contributed by atoms with Gasteiger partial charge in [-0.25, -0.2) is 0 Å². The summed E-state index contributed by atoms with van der Waals surface area (Å²) in [6.45, 7) is 2.69. The van der Waals surface area contributed by atoms with E-state index in [9.17, 15) is 14.4 Å². The van der Waals surface area contributed by atoms with E-state index in [2.05, 4.69) is 0 Å². The number of likely N-dealkylation sites (tertiary alicyclic amines) is 1. The van der Waals surface area contributed by atoms with Gasteiger partial charge in [-0.05, 0) is 31.9 Å². The molecule has 7 nitrogen and oxygen atoms in total. The number of hydrogen-bond donors (Lipinski definition) is 1. The minimum absolute atomic E-state index is 0.0359. The number of carboxylic acids is 1. The zero-order chi connectivity index (χ0) is 18.2. The van der Waals surface area contributed by atoms with Gasteiger partial charge in [-0.2, -0.15) is 0 Å². The Labute approximate surface area is 147 Å². The van der Waals surface area contributed by atoms with Crippen LogP contribution in [0.5, 0.6) is 0 Å². The molecule has 25 heavy (non-hydrogen) atoms. The molecular formula is C18H24N2O5. The van der Waals surface area contributed by atoms with Gasteiger partial charge >= 0.3 is 11.9 Å². The van der Waals surface area contributed by atoms with Gasteiger partial charge in [0.2, 0.25) is 5.91 Å². The van der Waals surface area contributed by atoms with Gasteiger partial charge in [-0.15, -0.1) is 0 Å². The summed E-state index contributed by atoms with van der Waals surface area (Å²) in [6.07, 6.45) is 1.44. The Hall–Kier alpha value is -2.57. The first-order valence-electron chi connectivity index (χ1n) is 8.47. The third-order valence-corrected chi connectivity index (χ3v) is 4.17. The Balaban J connectivity index is 2.02. The highest BCUT2D eigenvalue weighted by atomic mass is 16.5. The summed E-state index contributed by atoms with van der Waals surface area (Å²) in [5.74, 6) is -1.76. The van der Waals surface area contributed by atoms with Gasteiger partial charge in [0.15, 0.2) is 0 Å². The number of carboxylic acid groups (broad SMARTS) is 1. The molecule has 1 fully saturated rings. The highest BCUT2D eigenvalue weighted by molar-refractivity contribution is 5.85. The summed E-state index contributed by atoms with van der Waals surface area (Å²) in [5.41, 5.74) is 0.678. The molecule has 0 bridgehead atoms. The topological polar surface area (TPSA) is 87.2 Å². The quantitative estimate of drug-likeness (QED) is 0.749. The molecule has 0 radical (unpaired) electrons. The molecule has 1 aromatic carbocycles. The summed E-state index contributed by atoms with van der Waals surface area (Å²) < 4.78 is 5.05. The fourth-order valence-electron chi connectivity index (χ4n) is 2.96. The molecule has 1 aromatic rings. The smallest absolute Gasteiger partial charge is 0.323 e. The summed E-state index contributed by atoms with van der Waals surface area (Å²) in [5, 5.41) is 9.11. The molecule has 1 aliphatic heterocycles. The predicted molar refractivity (Wildman–Crippen MR) is 92.2 cm³/mol. The van der Waals surface area contributed by atoms with Gasteiger partial charge < -0.3 is 19.6 Å². The Bertz CT molecular complexity index is 605. The summed E-state index contributed by atoms with van der Waals surface area (Å²) in [4.78, 5) is 38.8. The van der Waals surface area contributed by atoms with Crippen LogP contribution in [-0.4, -0.2) is 60.6 Å². The minimum Gasteiger partial charge on any atom is -0.480 e. The molecule has 1 atom stereocenters. The maximum Gasteiger partial charge on any atom is 0.323 e. The van der Waals surface area contributed by atoms with Crippen molar-refractivity contribution < 1.29 is 24.2 Å². The molecule has 1 heterocycles. The molecule has 0 saturated carbocycles. The average Bonchev–Trinajstić information content (AvgIpc) is 2.62. The first-order chi connectivity index (χ1) is 12.0. The van der Waals surface area contributed by atoms with Crippen molar-refractivity contribution in [1.82, 2.24) is 4.90 Å². The number of carbonyl (C=O) groups is 3. The highest BCUT2D eigenvalue weighted by Gasteiger charge is 2.30. The highest BCUT2D eigenvalue weighted by Crippen LogP contribution is 2.19. The monoisotopic (exact) mass is 348 g/mol.